The van der Waals surface area contributed by atoms with E-state index >= 15 is 0 Å². The van der Waals surface area contributed by atoms with Crippen LogP contribution in [0.4, 0.5) is 0 Å². The summed E-state index contributed by atoms with van der Waals surface area (Å²) in [5.41, 5.74) is 2.43. The summed E-state index contributed by atoms with van der Waals surface area (Å²) in [5, 5.41) is 12.3. The van der Waals surface area contributed by atoms with Crippen molar-refractivity contribution >= 4 is 23.5 Å². The average Bonchev–Trinajstić information content (AvgIpc) is 2.42. The van der Waals surface area contributed by atoms with Crippen molar-refractivity contribution in [2.24, 2.45) is 0 Å². The van der Waals surface area contributed by atoms with E-state index in [0.29, 0.717) is 15.7 Å². The Morgan fingerprint density at radius 3 is 2.79 bits per heavy atom. The zero-order valence-corrected chi connectivity index (χ0v) is 13.6. The molecule has 1 heterocycles. The molecule has 1 aromatic carbocycles. The molecule has 1 aliphatic rings. The van der Waals surface area contributed by atoms with Gasteiger partial charge in [-0.3, -0.25) is 0 Å². The van der Waals surface area contributed by atoms with Gasteiger partial charge in [-0.1, -0.05) is 51.5 Å². The molecule has 106 valence electrons. The maximum Gasteiger partial charge on any atom is 0.0916 e. The molecule has 0 spiro atoms. The van der Waals surface area contributed by atoms with Gasteiger partial charge in [-0.2, -0.15) is 23.5 Å². The Bertz CT molecular complexity index is 407. The zero-order chi connectivity index (χ0) is 13.8. The number of hydrogen-bond donors (Lipinski definition) is 1. The highest BCUT2D eigenvalue weighted by Gasteiger charge is 2.31. The Morgan fingerprint density at radius 2 is 2.11 bits per heavy atom. The van der Waals surface area contributed by atoms with E-state index in [0.717, 1.165) is 24.2 Å². The fourth-order valence-electron chi connectivity index (χ4n) is 2.41. The number of rotatable bonds is 4. The first kappa shape index (κ1) is 15.3. The van der Waals surface area contributed by atoms with E-state index in [1.807, 2.05) is 23.5 Å². The highest BCUT2D eigenvalue weighted by Crippen LogP contribution is 2.41. The van der Waals surface area contributed by atoms with Crippen LogP contribution >= 0.6 is 23.5 Å². The van der Waals surface area contributed by atoms with Gasteiger partial charge in [0, 0.05) is 21.5 Å². The van der Waals surface area contributed by atoms with Gasteiger partial charge < -0.3 is 5.11 Å². The van der Waals surface area contributed by atoms with Crippen molar-refractivity contribution in [2.75, 3.05) is 5.75 Å². The fraction of sp³-hybridized carbons (Fsp3) is 0.625. The smallest absolute Gasteiger partial charge is 0.0916 e. The molecule has 0 bridgehead atoms. The van der Waals surface area contributed by atoms with Gasteiger partial charge in [-0.05, 0) is 17.5 Å². The molecular formula is C16H24OS2. The minimum Gasteiger partial charge on any atom is -0.387 e. The van der Waals surface area contributed by atoms with Crippen molar-refractivity contribution in [3.63, 3.8) is 0 Å². The van der Waals surface area contributed by atoms with E-state index in [9.17, 15) is 5.11 Å². The van der Waals surface area contributed by atoms with E-state index in [1.165, 1.54) is 5.56 Å². The van der Waals surface area contributed by atoms with Gasteiger partial charge in [0.1, 0.15) is 0 Å². The number of aliphatic hydroxyl groups excluding tert-OH is 1. The van der Waals surface area contributed by atoms with Gasteiger partial charge in [-0.25, -0.2) is 0 Å². The number of aryl methyl sites for hydroxylation is 1. The van der Waals surface area contributed by atoms with Gasteiger partial charge in [0.25, 0.3) is 0 Å². The van der Waals surface area contributed by atoms with Crippen molar-refractivity contribution in [3.8, 4) is 0 Å². The lowest BCUT2D eigenvalue weighted by Crippen LogP contribution is -2.30. The van der Waals surface area contributed by atoms with Crippen LogP contribution in [0.15, 0.2) is 24.3 Å². The Morgan fingerprint density at radius 1 is 1.32 bits per heavy atom. The van der Waals surface area contributed by atoms with Crippen LogP contribution < -0.4 is 0 Å². The van der Waals surface area contributed by atoms with Crippen LogP contribution in [0.5, 0.6) is 0 Å². The predicted molar refractivity (Wildman–Crippen MR) is 88.2 cm³/mol. The third kappa shape index (κ3) is 3.93. The SMILES string of the molecule is CCCc1cccc(C(O)C2CSC(C)C(C)S2)c1. The predicted octanol–water partition coefficient (Wildman–Crippen LogP) is 4.30. The van der Waals surface area contributed by atoms with Crippen molar-refractivity contribution in [2.45, 2.75) is 55.5 Å². The van der Waals surface area contributed by atoms with Crippen molar-refractivity contribution in [1.29, 1.82) is 0 Å². The van der Waals surface area contributed by atoms with E-state index in [-0.39, 0.29) is 6.10 Å². The highest BCUT2D eigenvalue weighted by molar-refractivity contribution is 8.07. The lowest BCUT2D eigenvalue weighted by atomic mass is 10.0. The van der Waals surface area contributed by atoms with E-state index in [4.69, 9.17) is 0 Å². The maximum atomic E-state index is 10.6. The van der Waals surface area contributed by atoms with Crippen LogP contribution in [-0.2, 0) is 6.42 Å². The van der Waals surface area contributed by atoms with Crippen LogP contribution in [0.1, 0.15) is 44.4 Å². The Kier molecular flexibility index (Phi) is 5.67. The first-order valence-corrected chi connectivity index (χ1v) is 9.15. The Labute approximate surface area is 125 Å². The zero-order valence-electron chi connectivity index (χ0n) is 12.0. The first-order chi connectivity index (χ1) is 9.11. The summed E-state index contributed by atoms with van der Waals surface area (Å²) in [6.45, 7) is 6.75. The molecule has 0 saturated carbocycles. The third-order valence-corrected chi connectivity index (χ3v) is 7.24. The standard InChI is InChI=1S/C16H24OS2/c1-4-6-13-7-5-8-14(9-13)16(17)15-10-18-11(2)12(3)19-15/h5,7-9,11-12,15-17H,4,6,10H2,1-3H3. The second-order valence-corrected chi connectivity index (χ2v) is 8.39. The highest BCUT2D eigenvalue weighted by atomic mass is 32.2. The van der Waals surface area contributed by atoms with Crippen molar-refractivity contribution in [3.05, 3.63) is 35.4 Å². The summed E-state index contributed by atoms with van der Waals surface area (Å²) in [7, 11) is 0. The quantitative estimate of drug-likeness (QED) is 0.894. The van der Waals surface area contributed by atoms with Crippen LogP contribution in [0, 0.1) is 0 Å². The topological polar surface area (TPSA) is 20.2 Å². The molecule has 1 saturated heterocycles. The molecule has 4 atom stereocenters. The molecular weight excluding hydrogens is 272 g/mol. The van der Waals surface area contributed by atoms with Gasteiger partial charge in [0.15, 0.2) is 0 Å². The van der Waals surface area contributed by atoms with E-state index in [2.05, 4.69) is 45.0 Å². The number of aliphatic hydroxyl groups is 1. The summed E-state index contributed by atoms with van der Waals surface area (Å²) in [5.74, 6) is 1.05. The second-order valence-electron chi connectivity index (χ2n) is 5.36. The summed E-state index contributed by atoms with van der Waals surface area (Å²) < 4.78 is 0. The maximum absolute atomic E-state index is 10.6. The minimum atomic E-state index is -0.329. The summed E-state index contributed by atoms with van der Waals surface area (Å²) >= 11 is 3.94. The van der Waals surface area contributed by atoms with Crippen molar-refractivity contribution < 1.29 is 5.11 Å². The van der Waals surface area contributed by atoms with Crippen molar-refractivity contribution in [1.82, 2.24) is 0 Å². The Balaban J connectivity index is 2.06. The van der Waals surface area contributed by atoms with Gasteiger partial charge in [-0.15, -0.1) is 0 Å². The van der Waals surface area contributed by atoms with Gasteiger partial charge >= 0.3 is 0 Å². The molecule has 0 radical (unpaired) electrons. The fourth-order valence-corrected chi connectivity index (χ4v) is 5.41. The molecule has 1 aromatic rings. The molecule has 0 aromatic heterocycles. The van der Waals surface area contributed by atoms with E-state index < -0.39 is 0 Å². The molecule has 0 amide bonds. The molecule has 19 heavy (non-hydrogen) atoms. The van der Waals surface area contributed by atoms with Crippen LogP contribution in [-0.4, -0.2) is 26.6 Å². The molecule has 3 heteroatoms. The lowest BCUT2D eigenvalue weighted by molar-refractivity contribution is 0.180. The van der Waals surface area contributed by atoms with Gasteiger partial charge in [0.2, 0.25) is 0 Å². The molecule has 1 N–H and O–H groups in total. The minimum absolute atomic E-state index is 0.327. The molecule has 2 rings (SSSR count). The van der Waals surface area contributed by atoms with Crippen LogP contribution in [0.2, 0.25) is 0 Å². The van der Waals surface area contributed by atoms with Crippen LogP contribution in [0.25, 0.3) is 0 Å². The summed E-state index contributed by atoms with van der Waals surface area (Å²) in [6.07, 6.45) is 1.92. The Hall–Kier alpha value is -0.120. The third-order valence-electron chi connectivity index (χ3n) is 3.76. The van der Waals surface area contributed by atoms with E-state index in [1.54, 1.807) is 0 Å². The summed E-state index contributed by atoms with van der Waals surface area (Å²) in [4.78, 5) is 0. The number of hydrogen-bond acceptors (Lipinski definition) is 3. The molecule has 4 unspecified atom stereocenters. The normalized spacial score (nSPS) is 29.2. The molecule has 1 aliphatic heterocycles. The second kappa shape index (κ2) is 7.05. The first-order valence-electron chi connectivity index (χ1n) is 7.15. The number of thioether (sulfide) groups is 2. The number of benzene rings is 1. The molecule has 1 fully saturated rings. The average molecular weight is 297 g/mol. The largest absolute Gasteiger partial charge is 0.387 e. The lowest BCUT2D eigenvalue weighted by Gasteiger charge is -2.34. The monoisotopic (exact) mass is 296 g/mol. The van der Waals surface area contributed by atoms with Gasteiger partial charge in [0.05, 0.1) is 6.10 Å². The molecule has 1 nitrogen and oxygen atoms in total. The molecule has 0 aliphatic carbocycles. The summed E-state index contributed by atoms with van der Waals surface area (Å²) in [6, 6.07) is 8.49. The van der Waals surface area contributed by atoms with Crippen LogP contribution in [0.3, 0.4) is 0 Å².